The Kier molecular flexibility index (Phi) is 20.6. The lowest BCUT2D eigenvalue weighted by atomic mass is 10.1. The molecule has 138 valence electrons. The molecule has 0 aliphatic rings. The van der Waals surface area contributed by atoms with Crippen LogP contribution in [0.25, 0.3) is 0 Å². The molecule has 0 spiro atoms. The number of rotatable bonds is 16. The molecule has 0 bridgehead atoms. The average molecular weight is 339 g/mol. The molecule has 0 amide bonds. The van der Waals surface area contributed by atoms with Crippen LogP contribution in [0.5, 0.6) is 0 Å². The first-order valence-corrected chi connectivity index (χ1v) is 10.0. The molecule has 0 N–H and O–H groups in total. The number of unbranched alkanes of at least 4 members (excludes halogenated alkanes) is 9. The van der Waals surface area contributed by atoms with Crippen molar-refractivity contribution in [1.82, 2.24) is 0 Å². The fourth-order valence-electron chi connectivity index (χ4n) is 2.40. The highest BCUT2D eigenvalue weighted by Gasteiger charge is 1.90. The quantitative estimate of drug-likeness (QED) is 0.196. The lowest BCUT2D eigenvalue weighted by Crippen LogP contribution is -1.80. The van der Waals surface area contributed by atoms with Crippen molar-refractivity contribution in [2.75, 3.05) is 0 Å². The summed E-state index contributed by atoms with van der Waals surface area (Å²) >= 11 is 0. The summed E-state index contributed by atoms with van der Waals surface area (Å²) in [7, 11) is 0. The lowest BCUT2D eigenvalue weighted by Gasteiger charge is -2.00. The zero-order valence-corrected chi connectivity index (χ0v) is 16.3. The molecule has 25 heavy (non-hydrogen) atoms. The maximum absolute atomic E-state index is 3.62. The van der Waals surface area contributed by atoms with Crippen molar-refractivity contribution < 1.29 is 0 Å². The van der Waals surface area contributed by atoms with Gasteiger partial charge in [-0.3, -0.25) is 0 Å². The summed E-state index contributed by atoms with van der Waals surface area (Å²) in [5, 5.41) is 0. The van der Waals surface area contributed by atoms with Crippen molar-refractivity contribution in [3.8, 4) is 0 Å². The molecule has 0 heterocycles. The number of hydrogen-bond donors (Lipinski definition) is 0. The summed E-state index contributed by atoms with van der Waals surface area (Å²) in [6, 6.07) is 0. The molecule has 0 fully saturated rings. The van der Waals surface area contributed by atoms with E-state index in [9.17, 15) is 0 Å². The van der Waals surface area contributed by atoms with Crippen LogP contribution in [-0.2, 0) is 0 Å². The van der Waals surface area contributed by atoms with E-state index in [1.54, 1.807) is 6.08 Å². The van der Waals surface area contributed by atoms with Crippen molar-refractivity contribution in [1.29, 1.82) is 0 Å². The molecule has 0 radical (unpaired) electrons. The molecule has 0 atom stereocenters. The molecular weight excluding hydrogens is 300 g/mol. The summed E-state index contributed by atoms with van der Waals surface area (Å²) < 4.78 is 0. The SMILES string of the molecule is C=C/C=C/C=C/C=C/C=C/C=C/C=C/CCCCCCCCCCC. The Morgan fingerprint density at radius 3 is 1.36 bits per heavy atom. The van der Waals surface area contributed by atoms with Crippen LogP contribution >= 0.6 is 0 Å². The largest absolute Gasteiger partial charge is 0.0991 e. The van der Waals surface area contributed by atoms with Gasteiger partial charge in [-0.1, -0.05) is 144 Å². The van der Waals surface area contributed by atoms with Gasteiger partial charge in [0.2, 0.25) is 0 Å². The Bertz CT molecular complexity index is 441. The van der Waals surface area contributed by atoms with E-state index in [-0.39, 0.29) is 0 Å². The van der Waals surface area contributed by atoms with E-state index in [1.807, 2.05) is 48.6 Å². The van der Waals surface area contributed by atoms with Crippen LogP contribution in [0.4, 0.5) is 0 Å². The highest BCUT2D eigenvalue weighted by Crippen LogP contribution is 2.10. The van der Waals surface area contributed by atoms with Gasteiger partial charge in [0.25, 0.3) is 0 Å². The van der Waals surface area contributed by atoms with E-state index in [4.69, 9.17) is 0 Å². The fourth-order valence-corrected chi connectivity index (χ4v) is 2.40. The van der Waals surface area contributed by atoms with Gasteiger partial charge in [0.05, 0.1) is 0 Å². The van der Waals surface area contributed by atoms with Crippen LogP contribution in [0.3, 0.4) is 0 Å². The molecule has 0 aromatic heterocycles. The van der Waals surface area contributed by atoms with Gasteiger partial charge in [-0.05, 0) is 12.8 Å². The number of allylic oxidation sites excluding steroid dienone is 13. The lowest BCUT2D eigenvalue weighted by molar-refractivity contribution is 0.566. The van der Waals surface area contributed by atoms with E-state index in [0.717, 1.165) is 0 Å². The summed E-state index contributed by atoms with van der Waals surface area (Å²) in [6.45, 7) is 5.90. The van der Waals surface area contributed by atoms with Crippen LogP contribution in [-0.4, -0.2) is 0 Å². The van der Waals surface area contributed by atoms with E-state index < -0.39 is 0 Å². The summed E-state index contributed by atoms with van der Waals surface area (Å²) in [4.78, 5) is 0. The van der Waals surface area contributed by atoms with Crippen molar-refractivity contribution in [3.63, 3.8) is 0 Å². The normalized spacial score (nSPS) is 13.0. The molecule has 0 aromatic carbocycles. The number of hydrogen-bond acceptors (Lipinski definition) is 0. The molecule has 0 aromatic rings. The van der Waals surface area contributed by atoms with E-state index in [0.29, 0.717) is 0 Å². The molecular formula is C25H38. The summed E-state index contributed by atoms with van der Waals surface area (Å²) in [6.07, 6.45) is 40.1. The van der Waals surface area contributed by atoms with Gasteiger partial charge in [0.1, 0.15) is 0 Å². The first-order valence-electron chi connectivity index (χ1n) is 10.0. The van der Waals surface area contributed by atoms with E-state index in [2.05, 4.69) is 37.8 Å². The van der Waals surface area contributed by atoms with Gasteiger partial charge >= 0.3 is 0 Å². The topological polar surface area (TPSA) is 0 Å². The molecule has 0 aliphatic carbocycles. The van der Waals surface area contributed by atoms with Crippen molar-refractivity contribution in [3.05, 3.63) is 85.6 Å². The van der Waals surface area contributed by atoms with Gasteiger partial charge in [0, 0.05) is 0 Å². The smallest absolute Gasteiger partial charge is 0.0348 e. The van der Waals surface area contributed by atoms with Gasteiger partial charge in [0.15, 0.2) is 0 Å². The Morgan fingerprint density at radius 2 is 0.880 bits per heavy atom. The molecule has 0 nitrogen and oxygen atoms in total. The van der Waals surface area contributed by atoms with E-state index >= 15 is 0 Å². The Labute approximate surface area is 157 Å². The molecule has 0 saturated carbocycles. The van der Waals surface area contributed by atoms with Crippen LogP contribution in [0, 0.1) is 0 Å². The van der Waals surface area contributed by atoms with Gasteiger partial charge in [-0.2, -0.15) is 0 Å². The Morgan fingerprint density at radius 1 is 0.480 bits per heavy atom. The minimum absolute atomic E-state index is 1.20. The monoisotopic (exact) mass is 338 g/mol. The average Bonchev–Trinajstić information content (AvgIpc) is 2.63. The molecule has 0 saturated heterocycles. The second-order valence-electron chi connectivity index (χ2n) is 6.21. The van der Waals surface area contributed by atoms with Crippen LogP contribution < -0.4 is 0 Å². The van der Waals surface area contributed by atoms with E-state index in [1.165, 1.54) is 64.2 Å². The van der Waals surface area contributed by atoms with Crippen molar-refractivity contribution in [2.45, 2.75) is 71.1 Å². The molecule has 0 unspecified atom stereocenters. The minimum Gasteiger partial charge on any atom is -0.0991 e. The summed E-state index contributed by atoms with van der Waals surface area (Å²) in [5.41, 5.74) is 0. The molecule has 0 heteroatoms. The van der Waals surface area contributed by atoms with Crippen LogP contribution in [0.2, 0.25) is 0 Å². The first-order chi connectivity index (χ1) is 12.4. The minimum atomic E-state index is 1.20. The highest BCUT2D eigenvalue weighted by atomic mass is 14.0. The standard InChI is InChI=1S/C25H38/c1-3-5-7-9-11-13-15-17-19-21-23-25-24-22-20-18-16-14-12-10-8-6-4-2/h3,5,7,9,11,13,15,17,19,21,23-25H,1,4,6,8,10,12,14,16,18,20,22H2,2H3/b7-5+,11-9+,15-13+,19-17+,23-21+,25-24+. The third-order valence-corrected chi connectivity index (χ3v) is 3.86. The van der Waals surface area contributed by atoms with Crippen molar-refractivity contribution in [2.24, 2.45) is 0 Å². The van der Waals surface area contributed by atoms with Crippen LogP contribution in [0.1, 0.15) is 71.1 Å². The first kappa shape index (κ1) is 23.2. The predicted octanol–water partition coefficient (Wildman–Crippen LogP) is 8.43. The second kappa shape index (κ2) is 22.2. The van der Waals surface area contributed by atoms with Gasteiger partial charge in [-0.15, -0.1) is 0 Å². The summed E-state index contributed by atoms with van der Waals surface area (Å²) in [5.74, 6) is 0. The van der Waals surface area contributed by atoms with Crippen molar-refractivity contribution >= 4 is 0 Å². The highest BCUT2D eigenvalue weighted by molar-refractivity contribution is 5.20. The third kappa shape index (κ3) is 22.2. The zero-order chi connectivity index (χ0) is 18.3. The zero-order valence-electron chi connectivity index (χ0n) is 16.3. The van der Waals surface area contributed by atoms with Gasteiger partial charge in [-0.25, -0.2) is 0 Å². The van der Waals surface area contributed by atoms with Crippen LogP contribution in [0.15, 0.2) is 85.6 Å². The Balaban J connectivity index is 3.46. The maximum Gasteiger partial charge on any atom is -0.0348 e. The molecule has 0 aliphatic heterocycles. The second-order valence-corrected chi connectivity index (χ2v) is 6.21. The maximum atomic E-state index is 3.62. The Hall–Kier alpha value is -1.82. The van der Waals surface area contributed by atoms with Gasteiger partial charge < -0.3 is 0 Å². The fraction of sp³-hybridized carbons (Fsp3) is 0.440. The predicted molar refractivity (Wildman–Crippen MR) is 117 cm³/mol. The molecule has 0 rings (SSSR count). The third-order valence-electron chi connectivity index (χ3n) is 3.86.